The van der Waals surface area contributed by atoms with Crippen molar-refractivity contribution in [3.63, 3.8) is 0 Å². The molecule has 0 unspecified atom stereocenters. The molecule has 0 radical (unpaired) electrons. The molecule has 2 heterocycles. The molecule has 1 aliphatic heterocycles. The van der Waals surface area contributed by atoms with Crippen LogP contribution >= 0.6 is 0 Å². The first-order valence-corrected chi connectivity index (χ1v) is 8.09. The van der Waals surface area contributed by atoms with Crippen molar-refractivity contribution in [1.82, 2.24) is 14.9 Å². The van der Waals surface area contributed by atoms with E-state index < -0.39 is 12.2 Å². The fourth-order valence-electron chi connectivity index (χ4n) is 2.94. The smallest absolute Gasteiger partial charge is 0.297 e. The minimum absolute atomic E-state index is 0.0260. The molecule has 0 amide bonds. The summed E-state index contributed by atoms with van der Waals surface area (Å²) in [7, 11) is 0. The lowest BCUT2D eigenvalue weighted by Gasteiger charge is -2.42. The van der Waals surface area contributed by atoms with Crippen LogP contribution in [0, 0.1) is 0 Å². The van der Waals surface area contributed by atoms with E-state index in [-0.39, 0.29) is 5.54 Å². The lowest BCUT2D eigenvalue weighted by Crippen LogP contribution is -2.54. The summed E-state index contributed by atoms with van der Waals surface area (Å²) in [4.78, 5) is 10.3. The van der Waals surface area contributed by atoms with Gasteiger partial charge in [-0.05, 0) is 26.0 Å². The molecule has 0 saturated carbocycles. The Morgan fingerprint density at radius 1 is 1.29 bits per heavy atom. The third-order valence-electron chi connectivity index (χ3n) is 4.31. The highest BCUT2D eigenvalue weighted by molar-refractivity contribution is 5.88. The van der Waals surface area contributed by atoms with E-state index in [0.29, 0.717) is 24.5 Å². The summed E-state index contributed by atoms with van der Waals surface area (Å²) in [5.41, 5.74) is 0.499. The number of alkyl halides is 2. The maximum absolute atomic E-state index is 13.0. The van der Waals surface area contributed by atoms with Crippen molar-refractivity contribution in [3.05, 3.63) is 30.1 Å². The van der Waals surface area contributed by atoms with Crippen LogP contribution in [0.3, 0.4) is 0 Å². The Morgan fingerprint density at radius 2 is 2.08 bits per heavy atom. The van der Waals surface area contributed by atoms with Gasteiger partial charge in [-0.15, -0.1) is 0 Å². The molecule has 7 heteroatoms. The molecule has 130 valence electrons. The normalized spacial score (nSPS) is 18.2. The number of para-hydroxylation sites is 1. The molecule has 1 aromatic heterocycles. The van der Waals surface area contributed by atoms with Crippen molar-refractivity contribution < 1.29 is 13.5 Å². The standard InChI is InChI=1S/C17H22F2N4O/c1-17(2)11-24-10-9-23(17)8-7-20-15-12-5-3-4-6-13(12)21-16(22-15)14(18)19/h3-6,14H,7-11H2,1-2H3,(H,20,21,22). The van der Waals surface area contributed by atoms with Crippen LogP contribution in [0.25, 0.3) is 10.9 Å². The van der Waals surface area contributed by atoms with Gasteiger partial charge >= 0.3 is 0 Å². The molecule has 0 aliphatic carbocycles. The molecule has 1 saturated heterocycles. The van der Waals surface area contributed by atoms with Gasteiger partial charge in [-0.25, -0.2) is 18.7 Å². The van der Waals surface area contributed by atoms with E-state index in [1.54, 1.807) is 12.1 Å². The van der Waals surface area contributed by atoms with Crippen LogP contribution in [-0.2, 0) is 4.74 Å². The average Bonchev–Trinajstić information content (AvgIpc) is 2.55. The number of halogens is 2. The first-order valence-electron chi connectivity index (χ1n) is 8.09. The third-order valence-corrected chi connectivity index (χ3v) is 4.31. The Bertz CT molecular complexity index is 708. The van der Waals surface area contributed by atoms with Gasteiger partial charge in [0.1, 0.15) is 5.82 Å². The molecule has 3 rings (SSSR count). The molecule has 24 heavy (non-hydrogen) atoms. The van der Waals surface area contributed by atoms with Crippen LogP contribution in [0.1, 0.15) is 26.1 Å². The summed E-state index contributed by atoms with van der Waals surface area (Å²) >= 11 is 0. The number of rotatable bonds is 5. The van der Waals surface area contributed by atoms with E-state index in [2.05, 4.69) is 34.0 Å². The van der Waals surface area contributed by atoms with Crippen LogP contribution in [0.4, 0.5) is 14.6 Å². The van der Waals surface area contributed by atoms with E-state index in [1.165, 1.54) is 0 Å². The first-order chi connectivity index (χ1) is 11.5. The van der Waals surface area contributed by atoms with Crippen LogP contribution in [-0.4, -0.2) is 53.3 Å². The largest absolute Gasteiger partial charge is 0.378 e. The highest BCUT2D eigenvalue weighted by atomic mass is 19.3. The number of nitrogens with one attached hydrogen (secondary N) is 1. The number of nitrogens with zero attached hydrogens (tertiary/aromatic N) is 3. The molecule has 0 atom stereocenters. The zero-order valence-electron chi connectivity index (χ0n) is 13.9. The van der Waals surface area contributed by atoms with Crippen molar-refractivity contribution in [2.24, 2.45) is 0 Å². The summed E-state index contributed by atoms with van der Waals surface area (Å²) < 4.78 is 31.5. The SMILES string of the molecule is CC1(C)COCCN1CCNc1nc(C(F)F)nc2ccccc12. The van der Waals surface area contributed by atoms with Gasteiger partial charge in [0.05, 0.1) is 18.7 Å². The molecule has 2 aromatic rings. The van der Waals surface area contributed by atoms with Crippen LogP contribution < -0.4 is 5.32 Å². The number of anilines is 1. The molecule has 1 fully saturated rings. The minimum atomic E-state index is -2.69. The van der Waals surface area contributed by atoms with Gasteiger partial charge in [-0.1, -0.05) is 12.1 Å². The summed E-state index contributed by atoms with van der Waals surface area (Å²) in [5.74, 6) is 0.0184. The Kier molecular flexibility index (Phi) is 4.91. The van der Waals surface area contributed by atoms with Crippen molar-refractivity contribution in [1.29, 1.82) is 0 Å². The lowest BCUT2D eigenvalue weighted by atomic mass is 10.0. The fourth-order valence-corrected chi connectivity index (χ4v) is 2.94. The van der Waals surface area contributed by atoms with Crippen molar-refractivity contribution >= 4 is 16.7 Å². The van der Waals surface area contributed by atoms with Gasteiger partial charge in [0.25, 0.3) is 6.43 Å². The predicted octanol–water partition coefficient (Wildman–Crippen LogP) is 3.09. The number of hydrogen-bond acceptors (Lipinski definition) is 5. The lowest BCUT2D eigenvalue weighted by molar-refractivity contribution is -0.0487. The fraction of sp³-hybridized carbons (Fsp3) is 0.529. The number of benzene rings is 1. The van der Waals surface area contributed by atoms with Gasteiger partial charge in [-0.2, -0.15) is 0 Å². The van der Waals surface area contributed by atoms with Crippen LogP contribution in [0.15, 0.2) is 24.3 Å². The molecular formula is C17H22F2N4O. The highest BCUT2D eigenvalue weighted by Crippen LogP contribution is 2.24. The molecule has 1 aliphatic rings. The summed E-state index contributed by atoms with van der Waals surface area (Å²) in [6.45, 7) is 7.96. The number of aromatic nitrogens is 2. The first kappa shape index (κ1) is 17.0. The Morgan fingerprint density at radius 3 is 2.83 bits per heavy atom. The second-order valence-corrected chi connectivity index (χ2v) is 6.53. The van der Waals surface area contributed by atoms with E-state index in [9.17, 15) is 8.78 Å². The number of ether oxygens (including phenoxy) is 1. The molecular weight excluding hydrogens is 314 g/mol. The molecule has 1 aromatic carbocycles. The van der Waals surface area contributed by atoms with E-state index in [0.717, 1.165) is 25.1 Å². The monoisotopic (exact) mass is 336 g/mol. The zero-order valence-corrected chi connectivity index (χ0v) is 13.9. The van der Waals surface area contributed by atoms with E-state index in [4.69, 9.17) is 4.74 Å². The maximum Gasteiger partial charge on any atom is 0.297 e. The predicted molar refractivity (Wildman–Crippen MR) is 89.5 cm³/mol. The highest BCUT2D eigenvalue weighted by Gasteiger charge is 2.29. The quantitative estimate of drug-likeness (QED) is 0.909. The van der Waals surface area contributed by atoms with Crippen LogP contribution in [0.2, 0.25) is 0 Å². The minimum Gasteiger partial charge on any atom is -0.378 e. The third kappa shape index (κ3) is 3.62. The maximum atomic E-state index is 13.0. The van der Waals surface area contributed by atoms with Gasteiger partial charge < -0.3 is 10.1 Å². The van der Waals surface area contributed by atoms with Gasteiger partial charge in [0, 0.05) is 30.6 Å². The van der Waals surface area contributed by atoms with Gasteiger partial charge in [0.15, 0.2) is 5.82 Å². The summed E-state index contributed by atoms with van der Waals surface area (Å²) in [6, 6.07) is 7.19. The van der Waals surface area contributed by atoms with Gasteiger partial charge in [0.2, 0.25) is 0 Å². The second-order valence-electron chi connectivity index (χ2n) is 6.53. The summed E-state index contributed by atoms with van der Waals surface area (Å²) in [5, 5.41) is 3.95. The molecule has 5 nitrogen and oxygen atoms in total. The van der Waals surface area contributed by atoms with E-state index >= 15 is 0 Å². The number of morpholine rings is 1. The number of hydrogen-bond donors (Lipinski definition) is 1. The molecule has 1 N–H and O–H groups in total. The van der Waals surface area contributed by atoms with Crippen molar-refractivity contribution in [2.75, 3.05) is 38.2 Å². The number of fused-ring (bicyclic) bond motifs is 1. The zero-order chi connectivity index (χ0) is 17.2. The Balaban J connectivity index is 1.75. The Labute approximate surface area is 140 Å². The van der Waals surface area contributed by atoms with Gasteiger partial charge in [-0.3, -0.25) is 4.90 Å². The van der Waals surface area contributed by atoms with Crippen molar-refractivity contribution in [3.8, 4) is 0 Å². The molecule has 0 spiro atoms. The average molecular weight is 336 g/mol. The van der Waals surface area contributed by atoms with Crippen LogP contribution in [0.5, 0.6) is 0 Å². The van der Waals surface area contributed by atoms with Crippen molar-refractivity contribution in [2.45, 2.75) is 25.8 Å². The van der Waals surface area contributed by atoms with E-state index in [1.807, 2.05) is 12.1 Å². The summed E-state index contributed by atoms with van der Waals surface area (Å²) in [6.07, 6.45) is -2.69. The topological polar surface area (TPSA) is 50.3 Å². The Hall–Kier alpha value is -1.86. The second kappa shape index (κ2) is 6.94. The molecule has 0 bridgehead atoms.